The first-order valence-corrected chi connectivity index (χ1v) is 10.3. The number of para-hydroxylation sites is 1. The van der Waals surface area contributed by atoms with Gasteiger partial charge in [0.1, 0.15) is 4.90 Å². The number of amides is 1. The van der Waals surface area contributed by atoms with Crippen molar-refractivity contribution in [1.29, 1.82) is 0 Å². The molecular weight excluding hydrogens is 364 g/mol. The highest BCUT2D eigenvalue weighted by atomic mass is 32.2. The van der Waals surface area contributed by atoms with Crippen LogP contribution in [-0.4, -0.2) is 20.0 Å². The number of rotatable bonds is 3. The molecule has 0 aromatic heterocycles. The number of anilines is 1. The molecule has 140 valence electrons. The molecule has 1 fully saturated rings. The van der Waals surface area contributed by atoms with Crippen LogP contribution in [0, 0.1) is 6.92 Å². The summed E-state index contributed by atoms with van der Waals surface area (Å²) in [6, 6.07) is 14.1. The number of nitrogens with one attached hydrogen (secondary N) is 1. The summed E-state index contributed by atoms with van der Waals surface area (Å²) >= 11 is 0. The Morgan fingerprint density at radius 2 is 1.70 bits per heavy atom. The molecule has 0 atom stereocenters. The average molecular weight is 384 g/mol. The second kappa shape index (κ2) is 6.49. The van der Waals surface area contributed by atoms with Gasteiger partial charge in [-0.1, -0.05) is 41.1 Å². The predicted octanol–water partition coefficient (Wildman–Crippen LogP) is 3.52. The van der Waals surface area contributed by atoms with Crippen LogP contribution in [0.3, 0.4) is 0 Å². The molecule has 0 unspecified atom stereocenters. The van der Waals surface area contributed by atoms with Gasteiger partial charge in [-0.25, -0.2) is 0 Å². The number of oxime groups is 1. The lowest BCUT2D eigenvalue weighted by Gasteiger charge is -2.31. The van der Waals surface area contributed by atoms with E-state index in [0.29, 0.717) is 31.4 Å². The van der Waals surface area contributed by atoms with Crippen molar-refractivity contribution in [2.45, 2.75) is 42.9 Å². The van der Waals surface area contributed by atoms with Gasteiger partial charge < -0.3 is 5.32 Å². The lowest BCUT2D eigenvalue weighted by atomic mass is 9.70. The van der Waals surface area contributed by atoms with Gasteiger partial charge >= 0.3 is 10.1 Å². The molecule has 2 aromatic carbocycles. The van der Waals surface area contributed by atoms with Crippen LogP contribution in [0.2, 0.25) is 0 Å². The number of fused-ring (bicyclic) bond motifs is 2. The molecule has 0 bridgehead atoms. The fourth-order valence-corrected chi connectivity index (χ4v) is 4.54. The summed E-state index contributed by atoms with van der Waals surface area (Å²) in [5.74, 6) is 0.0101. The van der Waals surface area contributed by atoms with Gasteiger partial charge in [0.2, 0.25) is 5.91 Å². The Kier molecular flexibility index (Phi) is 4.26. The maximum Gasteiger partial charge on any atom is 0.358 e. The summed E-state index contributed by atoms with van der Waals surface area (Å²) in [4.78, 5) is 12.6. The van der Waals surface area contributed by atoms with Crippen LogP contribution in [0.25, 0.3) is 0 Å². The van der Waals surface area contributed by atoms with Crippen LogP contribution >= 0.6 is 0 Å². The van der Waals surface area contributed by atoms with Gasteiger partial charge in [0, 0.05) is 5.69 Å². The Morgan fingerprint density at radius 3 is 2.41 bits per heavy atom. The van der Waals surface area contributed by atoms with E-state index in [1.54, 1.807) is 12.1 Å². The minimum absolute atomic E-state index is 0.0101. The first-order valence-electron chi connectivity index (χ1n) is 8.88. The maximum absolute atomic E-state index is 12.6. The number of aryl methyl sites for hydroxylation is 1. The third kappa shape index (κ3) is 3.12. The van der Waals surface area contributed by atoms with Gasteiger partial charge in [-0.3, -0.25) is 9.08 Å². The molecule has 1 N–H and O–H groups in total. The van der Waals surface area contributed by atoms with E-state index in [9.17, 15) is 13.2 Å². The number of hydrogen-bond donors (Lipinski definition) is 1. The lowest BCUT2D eigenvalue weighted by molar-refractivity contribution is -0.121. The van der Waals surface area contributed by atoms with Crippen LogP contribution in [0.4, 0.5) is 5.69 Å². The topological polar surface area (TPSA) is 84.8 Å². The smallest absolute Gasteiger partial charge is 0.325 e. The quantitative estimate of drug-likeness (QED) is 0.821. The third-order valence-corrected chi connectivity index (χ3v) is 6.50. The van der Waals surface area contributed by atoms with E-state index in [1.165, 1.54) is 12.1 Å². The fourth-order valence-electron chi connectivity index (χ4n) is 3.78. The first-order chi connectivity index (χ1) is 12.9. The van der Waals surface area contributed by atoms with E-state index in [0.717, 1.165) is 16.8 Å². The van der Waals surface area contributed by atoms with Crippen LogP contribution < -0.4 is 5.32 Å². The Labute approximate surface area is 158 Å². The first kappa shape index (κ1) is 17.7. The van der Waals surface area contributed by atoms with Crippen LogP contribution in [0.15, 0.2) is 58.6 Å². The van der Waals surface area contributed by atoms with E-state index < -0.39 is 15.5 Å². The summed E-state index contributed by atoms with van der Waals surface area (Å²) < 4.78 is 29.4. The highest BCUT2D eigenvalue weighted by molar-refractivity contribution is 7.86. The number of carbonyl (C=O) groups excluding carboxylic acids is 1. The fraction of sp³-hybridized carbons (Fsp3) is 0.300. The average Bonchev–Trinajstić information content (AvgIpc) is 2.93. The van der Waals surface area contributed by atoms with Crippen LogP contribution in [-0.2, 0) is 24.6 Å². The molecule has 0 saturated heterocycles. The number of benzene rings is 2. The minimum atomic E-state index is -3.93. The van der Waals surface area contributed by atoms with E-state index in [-0.39, 0.29) is 10.8 Å². The van der Waals surface area contributed by atoms with Gasteiger partial charge in [0.05, 0.1) is 11.1 Å². The zero-order chi connectivity index (χ0) is 19.1. The van der Waals surface area contributed by atoms with Crippen molar-refractivity contribution in [3.63, 3.8) is 0 Å². The summed E-state index contributed by atoms with van der Waals surface area (Å²) in [6.45, 7) is 1.88. The molecule has 1 amide bonds. The molecule has 2 aliphatic rings. The van der Waals surface area contributed by atoms with E-state index >= 15 is 0 Å². The molecule has 0 radical (unpaired) electrons. The number of carbonyl (C=O) groups is 1. The van der Waals surface area contributed by atoms with Gasteiger partial charge in [0.25, 0.3) is 0 Å². The van der Waals surface area contributed by atoms with Crippen molar-refractivity contribution in [3.8, 4) is 0 Å². The Balaban J connectivity index is 1.48. The Morgan fingerprint density at radius 1 is 1.04 bits per heavy atom. The molecular formula is C20H20N2O4S. The molecule has 27 heavy (non-hydrogen) atoms. The van der Waals surface area contributed by atoms with Gasteiger partial charge in [0.15, 0.2) is 0 Å². The zero-order valence-electron chi connectivity index (χ0n) is 14.9. The summed E-state index contributed by atoms with van der Waals surface area (Å²) in [5.41, 5.74) is 2.95. The van der Waals surface area contributed by atoms with Crippen molar-refractivity contribution in [2.24, 2.45) is 5.16 Å². The molecule has 1 heterocycles. The Bertz CT molecular complexity index is 1020. The van der Waals surface area contributed by atoms with Crippen molar-refractivity contribution in [1.82, 2.24) is 0 Å². The highest BCUT2D eigenvalue weighted by Crippen LogP contribution is 2.46. The molecule has 7 heteroatoms. The second-order valence-electron chi connectivity index (χ2n) is 7.08. The Hall–Kier alpha value is -2.67. The minimum Gasteiger partial charge on any atom is -0.325 e. The molecule has 1 saturated carbocycles. The molecule has 2 aromatic rings. The lowest BCUT2D eigenvalue weighted by Crippen LogP contribution is -2.38. The summed E-state index contributed by atoms with van der Waals surface area (Å²) in [5, 5.41) is 6.84. The highest BCUT2D eigenvalue weighted by Gasteiger charge is 2.48. The third-order valence-electron chi connectivity index (χ3n) is 5.38. The van der Waals surface area contributed by atoms with Crippen molar-refractivity contribution >= 4 is 27.4 Å². The largest absolute Gasteiger partial charge is 0.358 e. The molecule has 1 aliphatic carbocycles. The molecule has 1 aliphatic heterocycles. The molecule has 6 nitrogen and oxygen atoms in total. The standard InChI is InChI=1S/C20H20N2O4S/c1-14-6-8-16(9-7-14)27(24,25)26-22-15-10-12-20(13-11-15)17-4-2-3-5-18(17)21-19(20)23/h2-9H,10-13H2,1H3,(H,21,23). The van der Waals surface area contributed by atoms with Crippen LogP contribution in [0.1, 0.15) is 36.8 Å². The maximum atomic E-state index is 12.6. The monoisotopic (exact) mass is 384 g/mol. The molecule has 1 spiro atoms. The van der Waals surface area contributed by atoms with E-state index in [2.05, 4.69) is 10.5 Å². The van der Waals surface area contributed by atoms with E-state index in [1.807, 2.05) is 31.2 Å². The molecule has 4 rings (SSSR count). The second-order valence-corrected chi connectivity index (χ2v) is 8.61. The van der Waals surface area contributed by atoms with Crippen molar-refractivity contribution < 1.29 is 17.5 Å². The zero-order valence-corrected chi connectivity index (χ0v) is 15.8. The number of nitrogens with zero attached hydrogens (tertiary/aromatic N) is 1. The summed E-state index contributed by atoms with van der Waals surface area (Å²) in [7, 11) is -3.93. The SMILES string of the molecule is Cc1ccc(S(=O)(=O)ON=C2CCC3(CC2)C(=O)Nc2ccccc23)cc1. The normalized spacial score (nSPS) is 21.7. The van der Waals surface area contributed by atoms with Gasteiger partial charge in [-0.2, -0.15) is 8.42 Å². The van der Waals surface area contributed by atoms with E-state index in [4.69, 9.17) is 4.28 Å². The van der Waals surface area contributed by atoms with Crippen molar-refractivity contribution in [3.05, 3.63) is 59.7 Å². The van der Waals surface area contributed by atoms with Crippen molar-refractivity contribution in [2.75, 3.05) is 5.32 Å². The predicted molar refractivity (Wildman–Crippen MR) is 102 cm³/mol. The van der Waals surface area contributed by atoms with Gasteiger partial charge in [-0.15, -0.1) is 0 Å². The van der Waals surface area contributed by atoms with Crippen LogP contribution in [0.5, 0.6) is 0 Å². The van der Waals surface area contributed by atoms with Gasteiger partial charge in [-0.05, 0) is 56.4 Å². The number of hydrogen-bond acceptors (Lipinski definition) is 5. The summed E-state index contributed by atoms with van der Waals surface area (Å²) in [6.07, 6.45) is 2.21.